The van der Waals surface area contributed by atoms with E-state index in [0.717, 1.165) is 21.5 Å². The van der Waals surface area contributed by atoms with E-state index in [1.54, 1.807) is 109 Å². The number of nitrogens with zero attached hydrogens (tertiary/aromatic N) is 2. The van der Waals surface area contributed by atoms with Crippen LogP contribution in [-0.2, 0) is 65.9 Å². The topological polar surface area (TPSA) is 300 Å². The number of aliphatic hydroxyl groups is 4. The molecule has 22 nitrogen and oxygen atoms in total. The van der Waals surface area contributed by atoms with E-state index in [4.69, 9.17) is 51.7 Å². The normalized spacial score (nSPS) is 35.1. The van der Waals surface area contributed by atoms with Crippen LogP contribution in [0.25, 0.3) is 0 Å². The number of ketones is 2. The van der Waals surface area contributed by atoms with Crippen molar-refractivity contribution in [1.29, 1.82) is 0 Å². The van der Waals surface area contributed by atoms with Gasteiger partial charge >= 0.3 is 23.9 Å². The number of aliphatic hydroxyl groups excluding tert-OH is 2. The van der Waals surface area contributed by atoms with Crippen LogP contribution in [-0.4, -0.2) is 182 Å². The lowest BCUT2D eigenvalue weighted by Gasteiger charge is -2.69. The van der Waals surface area contributed by atoms with E-state index in [2.05, 4.69) is 31.2 Å². The van der Waals surface area contributed by atoms with Gasteiger partial charge < -0.3 is 67.2 Å². The molecule has 24 heteroatoms. The molecule has 4 saturated carbocycles. The quantitative estimate of drug-likeness (QED) is 0.0374. The maximum Gasteiger partial charge on any atom is 0.350 e. The molecule has 10 aliphatic rings. The van der Waals surface area contributed by atoms with Crippen molar-refractivity contribution < 1.29 is 95.9 Å². The highest BCUT2D eigenvalue weighted by Gasteiger charge is 2.78. The summed E-state index contributed by atoms with van der Waals surface area (Å²) < 4.78 is 65.6. The zero-order valence-corrected chi connectivity index (χ0v) is 74.4. The maximum absolute atomic E-state index is 15.5. The molecule has 17 rings (SSSR count). The minimum absolute atomic E-state index is 0.107. The highest BCUT2D eigenvalue weighted by atomic mass is 28.4. The van der Waals surface area contributed by atoms with Crippen LogP contribution < -0.4 is 10.4 Å². The Morgan fingerprint density at radius 3 is 1.13 bits per heavy atom. The van der Waals surface area contributed by atoms with Crippen LogP contribution in [0.5, 0.6) is 0 Å². The summed E-state index contributed by atoms with van der Waals surface area (Å²) >= 11 is 0. The van der Waals surface area contributed by atoms with Crippen LogP contribution in [0.4, 0.5) is 0 Å². The Balaban J connectivity index is 0.000000183. The molecular weight excluding hydrogens is 1590 g/mol. The molecule has 7 aromatic carbocycles. The fourth-order valence-electron chi connectivity index (χ4n) is 22.6. The molecule has 0 aromatic heterocycles. The summed E-state index contributed by atoms with van der Waals surface area (Å²) in [6, 6.07) is 63.5. The molecule has 4 N–H and O–H groups in total. The predicted molar refractivity (Wildman–Crippen MR) is 464 cm³/mol. The van der Waals surface area contributed by atoms with E-state index in [0.29, 0.717) is 35.4 Å². The van der Waals surface area contributed by atoms with Gasteiger partial charge in [0.2, 0.25) is 34.7 Å². The summed E-state index contributed by atoms with van der Waals surface area (Å²) in [6.45, 7) is 28.6. The number of benzene rings is 7. The SMILES string of the molecule is CC1=C2C(=O)[C@H](O)[C@]3(C)[C@@H](O[Si](C)(C)c4ccccc4)C[C@H]4OC[C@@]4(C)[C@H]3[C@H](OC(=O)c3ccccc3)[C@](O)(C[C@@H]1OC(=O)[C@@H]1OC(c3ccccc3)=NC1c1ccccc1)C2(C)C.CC1=NC(c2ccccc2)[C@H](C(=O)O[C@H]2C[C@@]3(O)[C@@H](OC(=O)c4ccccc4)[C@@H]4[C@]5(C)CO[C@@H]5C[C@H](O[Si](C)(C)c5ccccc5)[C@@]4(C)[C@@H](O)C(=O)C(=C2C)C3(C)C)O1. The van der Waals surface area contributed by atoms with Crippen molar-refractivity contribution in [1.82, 2.24) is 0 Å². The first-order chi connectivity index (χ1) is 58.3. The highest BCUT2D eigenvalue weighted by Crippen LogP contribution is 2.69. The van der Waals surface area contributed by atoms with Crippen molar-refractivity contribution in [2.24, 2.45) is 54.3 Å². The summed E-state index contributed by atoms with van der Waals surface area (Å²) in [6.07, 6.45) is -12.8. The number of carbonyl (C=O) groups excluding carboxylic acids is 6. The number of hydrogen-bond acceptors (Lipinski definition) is 22. The van der Waals surface area contributed by atoms with Gasteiger partial charge in [0, 0.05) is 80.8 Å². The van der Waals surface area contributed by atoms with Crippen LogP contribution in [0.2, 0.25) is 26.2 Å². The molecule has 4 heterocycles. The lowest BCUT2D eigenvalue weighted by Crippen LogP contribution is -2.78. The largest absolute Gasteiger partial charge is 0.463 e. The minimum atomic E-state index is -2.76. The molecule has 7 aromatic rings. The first-order valence-corrected chi connectivity index (χ1v) is 48.6. The third kappa shape index (κ3) is 14.4. The first-order valence-electron chi connectivity index (χ1n) is 42.8. The van der Waals surface area contributed by atoms with Gasteiger partial charge in [-0.2, -0.15) is 0 Å². The second-order valence-corrected chi connectivity index (χ2v) is 46.0. The second kappa shape index (κ2) is 32.1. The van der Waals surface area contributed by atoms with E-state index >= 15 is 9.59 Å². The summed E-state index contributed by atoms with van der Waals surface area (Å²) in [5.41, 5.74) is -7.62. The van der Waals surface area contributed by atoms with Crippen LogP contribution >= 0.6 is 0 Å². The number of rotatable bonds is 17. The smallest absolute Gasteiger partial charge is 0.350 e. The third-order valence-electron chi connectivity index (χ3n) is 29.8. The predicted octanol–water partition coefficient (Wildman–Crippen LogP) is 13.1. The molecule has 646 valence electrons. The molecule has 2 saturated heterocycles. The third-order valence-corrected chi connectivity index (χ3v) is 35.0. The maximum atomic E-state index is 15.5. The number of aliphatic imine (C=N–C) groups is 2. The molecule has 6 aliphatic carbocycles. The van der Waals surface area contributed by atoms with Crippen molar-refractivity contribution in [3.63, 3.8) is 0 Å². The average Bonchev–Trinajstić information content (AvgIpc) is 0.860. The van der Waals surface area contributed by atoms with E-state index in [1.165, 1.54) is 0 Å². The molecule has 0 amide bonds. The van der Waals surface area contributed by atoms with Gasteiger partial charge in [0.05, 0.1) is 48.8 Å². The van der Waals surface area contributed by atoms with Gasteiger partial charge in [-0.15, -0.1) is 0 Å². The van der Waals surface area contributed by atoms with Crippen molar-refractivity contribution in [3.05, 3.63) is 262 Å². The number of ether oxygens (including phenoxy) is 8. The number of hydrogen-bond donors (Lipinski definition) is 4. The Labute approximate surface area is 720 Å². The number of carbonyl (C=O) groups is 6. The van der Waals surface area contributed by atoms with Crippen molar-refractivity contribution >= 4 is 74.2 Å². The highest BCUT2D eigenvalue weighted by molar-refractivity contribution is 6.84. The summed E-state index contributed by atoms with van der Waals surface area (Å²) in [5, 5.41) is 55.7. The molecule has 4 bridgehead atoms. The molecule has 22 atom stereocenters. The van der Waals surface area contributed by atoms with Crippen molar-refractivity contribution in [2.75, 3.05) is 13.2 Å². The van der Waals surface area contributed by atoms with Gasteiger partial charge in [-0.3, -0.25) is 9.59 Å². The van der Waals surface area contributed by atoms with Gasteiger partial charge in [0.25, 0.3) is 0 Å². The monoisotopic (exact) mass is 1700 g/mol. The number of fused-ring (bicyclic) bond motifs is 10. The molecule has 2 unspecified atom stereocenters. The Hall–Kier alpha value is -9.71. The average molecular weight is 1710 g/mol. The lowest BCUT2D eigenvalue weighted by molar-refractivity contribution is -0.326. The molecule has 4 aliphatic heterocycles. The minimum Gasteiger partial charge on any atom is -0.463 e. The fourth-order valence-corrected chi connectivity index (χ4v) is 27.0. The Morgan fingerprint density at radius 1 is 0.439 bits per heavy atom. The molecule has 6 fully saturated rings. The van der Waals surface area contributed by atoms with Gasteiger partial charge in [-0.05, 0) is 122 Å². The number of Topliss-reactive ketones (excluding diaryl/α,β-unsaturated/α-hetero) is 2. The molecular formula is C99H112N2O20Si2. The fraction of sp³-hybridized carbons (Fsp3) is 0.455. The first kappa shape index (κ1) is 86.8. The van der Waals surface area contributed by atoms with Gasteiger partial charge in [-0.1, -0.05) is 231 Å². The summed E-state index contributed by atoms with van der Waals surface area (Å²) in [4.78, 5) is 98.2. The van der Waals surface area contributed by atoms with Gasteiger partial charge in [-0.25, -0.2) is 29.2 Å². The van der Waals surface area contributed by atoms with Crippen molar-refractivity contribution in [3.8, 4) is 0 Å². The standard InChI is InChI=1S/C52H57NO10Si.C47H55NO10Si/c1-31-36(60-48(57)42-40(32-20-12-8-13-21-32)53-46(61-42)33-22-14-9-15-23-33)29-52(58)45(62-47(56)34-24-16-10-17-25-34)43-50(4)30-59-37(50)28-38(63-64(6,7)35-26-18-11-19-27-35)51(43,5)44(55)41(54)39(31)49(52,2)3;1-27-32(56-43(52)38-36(48-28(2)55-38)29-18-12-9-13-19-29)25-47(53)41(57-42(51)30-20-14-10-15-21-30)39-45(5)26-54-33(45)24-34(58-59(7,8)31-22-16-11-17-23-31)46(39,6)40(50)37(49)35(27)44(47,3)4/h8-27,36-38,40,42-45,55,58H,28-30H2,1-7H3;9-23,32-34,36,38-41,50,53H,24-26H2,1-8H3/t36-,37+,38-,40?,42+,43+,44-,45-,50+,51+,52+;32-,33+,34-,36?,38+,39+,40-,41-,45+,46+,47+/m00/s1. The van der Waals surface area contributed by atoms with Crippen LogP contribution in [0.1, 0.15) is 151 Å². The molecule has 123 heavy (non-hydrogen) atoms. The van der Waals surface area contributed by atoms with E-state index in [1.807, 2.05) is 179 Å². The summed E-state index contributed by atoms with van der Waals surface area (Å²) in [5.74, 6) is -5.20. The molecule has 0 spiro atoms. The zero-order chi connectivity index (χ0) is 87.7. The summed E-state index contributed by atoms with van der Waals surface area (Å²) in [7, 11) is -5.49. The van der Waals surface area contributed by atoms with E-state index in [-0.39, 0.29) is 54.2 Å². The van der Waals surface area contributed by atoms with Crippen LogP contribution in [0, 0.1) is 44.3 Å². The van der Waals surface area contributed by atoms with Gasteiger partial charge in [0.15, 0.2) is 17.5 Å². The van der Waals surface area contributed by atoms with Crippen LogP contribution in [0.15, 0.2) is 245 Å². The molecule has 0 radical (unpaired) electrons. The van der Waals surface area contributed by atoms with Gasteiger partial charge in [0.1, 0.15) is 59.9 Å². The number of esters is 4. The zero-order valence-electron chi connectivity index (χ0n) is 72.4. The Kier molecular flexibility index (Phi) is 22.6. The van der Waals surface area contributed by atoms with Crippen LogP contribution in [0.3, 0.4) is 0 Å². The van der Waals surface area contributed by atoms with Crippen molar-refractivity contribution in [2.45, 2.75) is 225 Å². The van der Waals surface area contributed by atoms with E-state index in [9.17, 15) is 39.6 Å². The Morgan fingerprint density at radius 2 is 0.772 bits per heavy atom. The Bertz CT molecular complexity index is 5350. The lowest BCUT2D eigenvalue weighted by atomic mass is 9.42. The second-order valence-electron chi connectivity index (χ2n) is 38.4. The van der Waals surface area contributed by atoms with E-state index < -0.39 is 193 Å².